The molecule has 3 heteroatoms. The summed E-state index contributed by atoms with van der Waals surface area (Å²) in [5.74, 6) is 0. The summed E-state index contributed by atoms with van der Waals surface area (Å²) in [6.45, 7) is 9.53. The Hall–Kier alpha value is -0.430. The molecule has 1 unspecified atom stereocenters. The summed E-state index contributed by atoms with van der Waals surface area (Å²) >= 11 is 0. The van der Waals surface area contributed by atoms with Crippen molar-refractivity contribution in [2.24, 2.45) is 0 Å². The van der Waals surface area contributed by atoms with Gasteiger partial charge in [-0.15, -0.1) is 0 Å². The second kappa shape index (κ2) is 7.01. The van der Waals surface area contributed by atoms with Crippen LogP contribution in [0.1, 0.15) is 33.3 Å². The van der Waals surface area contributed by atoms with Crippen molar-refractivity contribution in [1.29, 1.82) is 0 Å². The highest BCUT2D eigenvalue weighted by Crippen LogP contribution is 2.26. The van der Waals surface area contributed by atoms with Crippen LogP contribution in [-0.2, 0) is 11.1 Å². The van der Waals surface area contributed by atoms with E-state index in [1.165, 1.54) is 5.56 Å². The smallest absolute Gasteiger partial charge is 0.0899 e. The summed E-state index contributed by atoms with van der Waals surface area (Å²) in [7, 11) is 0.443. The zero-order valence-electron chi connectivity index (χ0n) is 10.6. The summed E-state index contributed by atoms with van der Waals surface area (Å²) in [6, 6.07) is 11.4. The second-order valence-corrected chi connectivity index (χ2v) is 5.45. The number of hydrogen-bond acceptors (Lipinski definition) is 2. The fourth-order valence-corrected chi connectivity index (χ4v) is 2.37. The molecule has 1 aromatic carbocycles. The van der Waals surface area contributed by atoms with E-state index >= 15 is 0 Å². The Morgan fingerprint density at radius 3 is 2.12 bits per heavy atom. The van der Waals surface area contributed by atoms with Gasteiger partial charge in [-0.05, 0) is 33.3 Å². The monoisotopic (exact) mass is 239 g/mol. The first-order chi connectivity index (χ1) is 7.61. The molecule has 0 bridgehead atoms. The van der Waals surface area contributed by atoms with Gasteiger partial charge in [-0.1, -0.05) is 30.3 Å². The molecule has 1 aromatic rings. The SMILES string of the molecule is CC(C)N(POCc1ccccc1)C(C)C. The molecule has 0 aliphatic carbocycles. The van der Waals surface area contributed by atoms with Gasteiger partial charge in [0.15, 0.2) is 0 Å². The minimum Gasteiger partial charge on any atom is -0.342 e. The maximum Gasteiger partial charge on any atom is 0.0899 e. The van der Waals surface area contributed by atoms with E-state index in [-0.39, 0.29) is 0 Å². The molecule has 0 radical (unpaired) electrons. The third-order valence-corrected chi connectivity index (χ3v) is 3.88. The lowest BCUT2D eigenvalue weighted by atomic mass is 10.2. The first-order valence-corrected chi connectivity index (χ1v) is 6.66. The van der Waals surface area contributed by atoms with Crippen LogP contribution >= 0.6 is 8.96 Å². The van der Waals surface area contributed by atoms with Crippen LogP contribution in [0.3, 0.4) is 0 Å². The molecular formula is C13H22NOP. The van der Waals surface area contributed by atoms with E-state index in [0.29, 0.717) is 27.6 Å². The van der Waals surface area contributed by atoms with Crippen molar-refractivity contribution in [3.63, 3.8) is 0 Å². The second-order valence-electron chi connectivity index (χ2n) is 4.46. The van der Waals surface area contributed by atoms with Crippen LogP contribution in [0.2, 0.25) is 0 Å². The summed E-state index contributed by atoms with van der Waals surface area (Å²) in [6.07, 6.45) is 0. The average Bonchev–Trinajstić information content (AvgIpc) is 2.24. The van der Waals surface area contributed by atoms with Gasteiger partial charge in [0.25, 0.3) is 0 Å². The third-order valence-electron chi connectivity index (χ3n) is 2.36. The van der Waals surface area contributed by atoms with Crippen LogP contribution < -0.4 is 0 Å². The predicted octanol–water partition coefficient (Wildman–Crippen LogP) is 3.83. The van der Waals surface area contributed by atoms with Crippen molar-refractivity contribution in [3.8, 4) is 0 Å². The Bertz CT molecular complexity index is 279. The van der Waals surface area contributed by atoms with Gasteiger partial charge in [0.1, 0.15) is 0 Å². The Morgan fingerprint density at radius 2 is 1.62 bits per heavy atom. The number of nitrogens with zero attached hydrogens (tertiary/aromatic N) is 1. The average molecular weight is 239 g/mol. The molecule has 0 aromatic heterocycles. The topological polar surface area (TPSA) is 12.5 Å². The van der Waals surface area contributed by atoms with Gasteiger partial charge in [0, 0.05) is 12.1 Å². The van der Waals surface area contributed by atoms with E-state index in [1.54, 1.807) is 0 Å². The molecule has 0 spiro atoms. The van der Waals surface area contributed by atoms with Crippen LogP contribution in [0.5, 0.6) is 0 Å². The first kappa shape index (κ1) is 13.6. The zero-order valence-corrected chi connectivity index (χ0v) is 11.6. The van der Waals surface area contributed by atoms with E-state index in [4.69, 9.17) is 4.52 Å². The van der Waals surface area contributed by atoms with Crippen molar-refractivity contribution in [1.82, 2.24) is 4.67 Å². The fourth-order valence-electron chi connectivity index (χ4n) is 1.57. The Kier molecular flexibility index (Phi) is 5.97. The van der Waals surface area contributed by atoms with Gasteiger partial charge in [-0.25, -0.2) is 0 Å². The van der Waals surface area contributed by atoms with Crippen LogP contribution in [0.15, 0.2) is 30.3 Å². The molecule has 0 heterocycles. The quantitative estimate of drug-likeness (QED) is 0.699. The predicted molar refractivity (Wildman–Crippen MR) is 71.7 cm³/mol. The first-order valence-electron chi connectivity index (χ1n) is 5.81. The molecule has 16 heavy (non-hydrogen) atoms. The largest absolute Gasteiger partial charge is 0.342 e. The van der Waals surface area contributed by atoms with E-state index in [1.807, 2.05) is 18.2 Å². The van der Waals surface area contributed by atoms with Gasteiger partial charge in [-0.2, -0.15) is 0 Å². The maximum atomic E-state index is 5.76. The normalized spacial score (nSPS) is 12.4. The van der Waals surface area contributed by atoms with E-state index in [0.717, 1.165) is 0 Å². The lowest BCUT2D eigenvalue weighted by Crippen LogP contribution is -2.29. The molecule has 0 aliphatic heterocycles. The summed E-state index contributed by atoms with van der Waals surface area (Å²) < 4.78 is 8.12. The Balaban J connectivity index is 2.34. The molecule has 2 nitrogen and oxygen atoms in total. The number of rotatable bonds is 6. The van der Waals surface area contributed by atoms with Crippen LogP contribution in [-0.4, -0.2) is 16.8 Å². The van der Waals surface area contributed by atoms with E-state index in [9.17, 15) is 0 Å². The van der Waals surface area contributed by atoms with Gasteiger partial charge in [0.2, 0.25) is 0 Å². The highest BCUT2D eigenvalue weighted by atomic mass is 31.1. The highest BCUT2D eigenvalue weighted by molar-refractivity contribution is 7.29. The lowest BCUT2D eigenvalue weighted by Gasteiger charge is -2.29. The Morgan fingerprint density at radius 1 is 1.06 bits per heavy atom. The number of benzene rings is 1. The maximum absolute atomic E-state index is 5.76. The molecule has 1 atom stereocenters. The minimum absolute atomic E-state index is 0.443. The summed E-state index contributed by atoms with van der Waals surface area (Å²) in [5, 5.41) is 0. The molecule has 1 rings (SSSR count). The van der Waals surface area contributed by atoms with Crippen molar-refractivity contribution in [3.05, 3.63) is 35.9 Å². The summed E-state index contributed by atoms with van der Waals surface area (Å²) in [4.78, 5) is 0. The van der Waals surface area contributed by atoms with Gasteiger partial charge >= 0.3 is 0 Å². The van der Waals surface area contributed by atoms with Crippen LogP contribution in [0, 0.1) is 0 Å². The molecule has 0 saturated carbocycles. The molecule has 0 amide bonds. The van der Waals surface area contributed by atoms with Crippen molar-refractivity contribution < 1.29 is 4.52 Å². The minimum atomic E-state index is 0.443. The standard InChI is InChI=1S/C13H22NOP/c1-11(2)14(12(3)4)16-15-10-13-8-6-5-7-9-13/h5-9,11-12,16H,10H2,1-4H3. The van der Waals surface area contributed by atoms with Gasteiger partial charge < -0.3 is 4.52 Å². The highest BCUT2D eigenvalue weighted by Gasteiger charge is 2.13. The Labute approximate surface area is 101 Å². The van der Waals surface area contributed by atoms with Gasteiger partial charge in [0.05, 0.1) is 15.6 Å². The lowest BCUT2D eigenvalue weighted by molar-refractivity contribution is 0.261. The molecule has 90 valence electrons. The van der Waals surface area contributed by atoms with Crippen molar-refractivity contribution in [2.45, 2.75) is 46.4 Å². The molecule has 0 fully saturated rings. The van der Waals surface area contributed by atoms with E-state index < -0.39 is 0 Å². The zero-order chi connectivity index (χ0) is 12.0. The molecule has 0 saturated heterocycles. The van der Waals surface area contributed by atoms with Crippen LogP contribution in [0.25, 0.3) is 0 Å². The molecule has 0 aliphatic rings. The molecular weight excluding hydrogens is 217 g/mol. The molecule has 0 N–H and O–H groups in total. The number of hydrogen-bond donors (Lipinski definition) is 0. The van der Waals surface area contributed by atoms with Crippen molar-refractivity contribution in [2.75, 3.05) is 0 Å². The van der Waals surface area contributed by atoms with E-state index in [2.05, 4.69) is 44.5 Å². The summed E-state index contributed by atoms with van der Waals surface area (Å²) in [5.41, 5.74) is 1.24. The van der Waals surface area contributed by atoms with Crippen molar-refractivity contribution >= 4 is 8.96 Å². The van der Waals surface area contributed by atoms with Crippen LogP contribution in [0.4, 0.5) is 0 Å². The third kappa shape index (κ3) is 4.61. The van der Waals surface area contributed by atoms with Gasteiger partial charge in [-0.3, -0.25) is 4.67 Å². The fraction of sp³-hybridized carbons (Fsp3) is 0.538.